The maximum atomic E-state index is 13.0. The smallest absolute Gasteiger partial charge is 0.339 e. The molecule has 3 amide bonds. The molecular formula is C27H30N2O7. The van der Waals surface area contributed by atoms with E-state index >= 15 is 0 Å². The molecule has 0 unspecified atom stereocenters. The van der Waals surface area contributed by atoms with Crippen LogP contribution in [0.15, 0.2) is 36.4 Å². The molecule has 0 saturated heterocycles. The van der Waals surface area contributed by atoms with E-state index in [2.05, 4.69) is 5.32 Å². The predicted octanol–water partition coefficient (Wildman–Crippen LogP) is 3.49. The van der Waals surface area contributed by atoms with Gasteiger partial charge in [0, 0.05) is 11.6 Å². The Labute approximate surface area is 209 Å². The van der Waals surface area contributed by atoms with Crippen LogP contribution in [0.2, 0.25) is 0 Å². The number of imide groups is 1. The van der Waals surface area contributed by atoms with Gasteiger partial charge in [-0.15, -0.1) is 0 Å². The van der Waals surface area contributed by atoms with Crippen molar-refractivity contribution >= 4 is 23.7 Å². The molecule has 2 aromatic rings. The largest absolute Gasteiger partial charge is 0.493 e. The number of hydrogen-bond acceptors (Lipinski definition) is 7. The fraction of sp³-hybridized carbons (Fsp3) is 0.407. The van der Waals surface area contributed by atoms with Crippen LogP contribution in [0, 0.1) is 0 Å². The van der Waals surface area contributed by atoms with Crippen LogP contribution in [0.4, 0.5) is 0 Å². The van der Waals surface area contributed by atoms with Gasteiger partial charge in [-0.3, -0.25) is 19.3 Å². The van der Waals surface area contributed by atoms with Crippen molar-refractivity contribution in [1.29, 1.82) is 0 Å². The summed E-state index contributed by atoms with van der Waals surface area (Å²) in [7, 11) is 2.85. The van der Waals surface area contributed by atoms with Crippen molar-refractivity contribution in [3.05, 3.63) is 58.7 Å². The molecule has 190 valence electrons. The Hall–Kier alpha value is -3.88. The number of methoxy groups -OCH3 is 2. The molecule has 1 saturated carbocycles. The molecule has 1 N–H and O–H groups in total. The molecule has 9 nitrogen and oxygen atoms in total. The van der Waals surface area contributed by atoms with Crippen LogP contribution in [0.5, 0.6) is 11.5 Å². The van der Waals surface area contributed by atoms with Crippen molar-refractivity contribution in [3.8, 4) is 11.5 Å². The zero-order valence-electron chi connectivity index (χ0n) is 20.7. The van der Waals surface area contributed by atoms with Crippen molar-refractivity contribution < 1.29 is 33.4 Å². The number of rotatable bonds is 8. The Morgan fingerprint density at radius 3 is 2.22 bits per heavy atom. The molecule has 1 aliphatic heterocycles. The molecule has 0 spiro atoms. The fourth-order valence-corrected chi connectivity index (χ4v) is 4.68. The minimum absolute atomic E-state index is 0.0970. The molecule has 2 aliphatic rings. The molecule has 0 aromatic heterocycles. The molecule has 36 heavy (non-hydrogen) atoms. The second-order valence-corrected chi connectivity index (χ2v) is 9.00. The van der Waals surface area contributed by atoms with Gasteiger partial charge in [0.2, 0.25) is 0 Å². The second kappa shape index (κ2) is 10.8. The van der Waals surface area contributed by atoms with Crippen molar-refractivity contribution in [1.82, 2.24) is 10.2 Å². The summed E-state index contributed by atoms with van der Waals surface area (Å²) in [6, 6.07) is 9.61. The maximum Gasteiger partial charge on any atom is 0.339 e. The highest BCUT2D eigenvalue weighted by atomic mass is 16.5. The monoisotopic (exact) mass is 494 g/mol. The van der Waals surface area contributed by atoms with Crippen molar-refractivity contribution in [2.75, 3.05) is 14.2 Å². The number of ether oxygens (including phenoxy) is 3. The first-order valence-electron chi connectivity index (χ1n) is 12.1. The van der Waals surface area contributed by atoms with E-state index < -0.39 is 23.9 Å². The van der Waals surface area contributed by atoms with Gasteiger partial charge in [0.25, 0.3) is 17.7 Å². The van der Waals surface area contributed by atoms with E-state index in [0.29, 0.717) is 16.7 Å². The van der Waals surface area contributed by atoms with Gasteiger partial charge in [-0.05, 0) is 44.0 Å². The summed E-state index contributed by atoms with van der Waals surface area (Å²) in [6.45, 7) is 1.39. The predicted molar refractivity (Wildman–Crippen MR) is 130 cm³/mol. The normalized spacial score (nSPS) is 16.4. The Bertz CT molecular complexity index is 1150. The number of nitrogens with one attached hydrogen (secondary N) is 1. The summed E-state index contributed by atoms with van der Waals surface area (Å²) in [5.74, 6) is -1.42. The number of fused-ring (bicyclic) bond motifs is 1. The van der Waals surface area contributed by atoms with Crippen LogP contribution in [0.3, 0.4) is 0 Å². The van der Waals surface area contributed by atoms with Crippen molar-refractivity contribution in [2.24, 2.45) is 0 Å². The summed E-state index contributed by atoms with van der Waals surface area (Å²) >= 11 is 0. The van der Waals surface area contributed by atoms with E-state index in [0.717, 1.165) is 30.6 Å². The van der Waals surface area contributed by atoms with Crippen molar-refractivity contribution in [3.63, 3.8) is 0 Å². The number of benzene rings is 2. The average molecular weight is 495 g/mol. The van der Waals surface area contributed by atoms with Crippen LogP contribution < -0.4 is 14.8 Å². The van der Waals surface area contributed by atoms with E-state index in [1.54, 1.807) is 24.3 Å². The summed E-state index contributed by atoms with van der Waals surface area (Å²) in [5.41, 5.74) is 1.14. The topological polar surface area (TPSA) is 111 Å². The SMILES string of the molecule is COc1cc(C(=O)O[C@@H](C)C(=O)NC2CCCCC2)cc(CN2C(=O)c3ccccc3C2=O)c1OC. The second-order valence-electron chi connectivity index (χ2n) is 9.00. The number of carbonyl (C=O) groups excluding carboxylic acids is 4. The summed E-state index contributed by atoms with van der Waals surface area (Å²) < 4.78 is 16.3. The lowest BCUT2D eigenvalue weighted by Crippen LogP contribution is -2.42. The summed E-state index contributed by atoms with van der Waals surface area (Å²) in [6.07, 6.45) is 4.15. The molecule has 1 fully saturated rings. The lowest BCUT2D eigenvalue weighted by molar-refractivity contribution is -0.130. The van der Waals surface area contributed by atoms with E-state index in [4.69, 9.17) is 14.2 Å². The highest BCUT2D eigenvalue weighted by molar-refractivity contribution is 6.21. The highest BCUT2D eigenvalue weighted by Crippen LogP contribution is 2.35. The first-order chi connectivity index (χ1) is 17.3. The Morgan fingerprint density at radius 2 is 1.64 bits per heavy atom. The first kappa shape index (κ1) is 25.2. The maximum absolute atomic E-state index is 13.0. The molecular weight excluding hydrogens is 464 g/mol. The minimum Gasteiger partial charge on any atom is -0.493 e. The Kier molecular flexibility index (Phi) is 7.57. The molecule has 9 heteroatoms. The molecule has 2 aromatic carbocycles. The molecule has 0 bridgehead atoms. The summed E-state index contributed by atoms with van der Waals surface area (Å²) in [5, 5.41) is 2.95. The Morgan fingerprint density at radius 1 is 1.00 bits per heavy atom. The Balaban J connectivity index is 1.53. The van der Waals surface area contributed by atoms with Gasteiger partial charge in [-0.1, -0.05) is 31.4 Å². The van der Waals surface area contributed by atoms with Crippen LogP contribution in [-0.2, 0) is 16.1 Å². The number of amides is 3. The quantitative estimate of drug-likeness (QED) is 0.442. The number of esters is 1. The molecule has 1 heterocycles. The van der Waals surface area contributed by atoms with Gasteiger partial charge >= 0.3 is 5.97 Å². The van der Waals surface area contributed by atoms with Crippen molar-refractivity contribution in [2.45, 2.75) is 57.7 Å². The summed E-state index contributed by atoms with van der Waals surface area (Å²) in [4.78, 5) is 52.4. The van der Waals surface area contributed by atoms with Gasteiger partial charge < -0.3 is 19.5 Å². The standard InChI is InChI=1S/C27H30N2O7/c1-16(24(30)28-19-9-5-4-6-10-19)36-27(33)17-13-18(23(35-3)22(14-17)34-2)15-29-25(31)20-11-7-8-12-21(20)26(29)32/h7-8,11-14,16,19H,4-6,9-10,15H2,1-3H3,(H,28,30)/t16-/m0/s1. The van der Waals surface area contributed by atoms with Crippen LogP contribution in [0.1, 0.15) is 75.7 Å². The highest BCUT2D eigenvalue weighted by Gasteiger charge is 2.36. The average Bonchev–Trinajstić information content (AvgIpc) is 3.13. The lowest BCUT2D eigenvalue weighted by atomic mass is 9.95. The third kappa shape index (κ3) is 5.05. The van der Waals surface area contributed by atoms with Gasteiger partial charge in [0.05, 0.1) is 37.5 Å². The van der Waals surface area contributed by atoms with E-state index in [1.165, 1.54) is 39.7 Å². The van der Waals surface area contributed by atoms with Gasteiger partial charge in [-0.25, -0.2) is 4.79 Å². The minimum atomic E-state index is -0.993. The van der Waals surface area contributed by atoms with Gasteiger partial charge in [-0.2, -0.15) is 0 Å². The van der Waals surface area contributed by atoms with E-state index in [9.17, 15) is 19.2 Å². The van der Waals surface area contributed by atoms with E-state index in [1.807, 2.05) is 0 Å². The molecule has 1 atom stereocenters. The van der Waals surface area contributed by atoms with E-state index in [-0.39, 0.29) is 35.6 Å². The fourth-order valence-electron chi connectivity index (χ4n) is 4.68. The first-order valence-corrected chi connectivity index (χ1v) is 12.1. The third-order valence-corrected chi connectivity index (χ3v) is 6.60. The van der Waals surface area contributed by atoms with Gasteiger partial charge in [0.1, 0.15) is 0 Å². The number of nitrogens with zero attached hydrogens (tertiary/aromatic N) is 1. The number of carbonyl (C=O) groups is 4. The number of hydrogen-bond donors (Lipinski definition) is 1. The third-order valence-electron chi connectivity index (χ3n) is 6.60. The van der Waals surface area contributed by atoms with Crippen LogP contribution in [0.25, 0.3) is 0 Å². The lowest BCUT2D eigenvalue weighted by Gasteiger charge is -2.24. The van der Waals surface area contributed by atoms with Crippen LogP contribution >= 0.6 is 0 Å². The zero-order valence-corrected chi connectivity index (χ0v) is 20.7. The molecule has 4 rings (SSSR count). The van der Waals surface area contributed by atoms with Gasteiger partial charge in [0.15, 0.2) is 17.6 Å². The molecule has 0 radical (unpaired) electrons. The van der Waals surface area contributed by atoms with Crippen LogP contribution in [-0.4, -0.2) is 55.0 Å². The molecule has 1 aliphatic carbocycles. The zero-order chi connectivity index (χ0) is 25.8.